The predicted molar refractivity (Wildman–Crippen MR) is 69.1 cm³/mol. The van der Waals surface area contributed by atoms with Crippen LogP contribution in [0.1, 0.15) is 43.2 Å². The van der Waals surface area contributed by atoms with Gasteiger partial charge < -0.3 is 14.6 Å². The highest BCUT2D eigenvalue weighted by Crippen LogP contribution is 2.21. The topological polar surface area (TPSA) is 93.5 Å². The number of esters is 1. The molecule has 0 aliphatic heterocycles. The van der Waals surface area contributed by atoms with Crippen molar-refractivity contribution in [3.63, 3.8) is 0 Å². The summed E-state index contributed by atoms with van der Waals surface area (Å²) >= 11 is 0. The standard InChI is InChI=1S/C12H19N3O4/c1-4-7-13-12(17)14-10-9(11(16)18-6-3)8(5-2)15-19-10/h4-7H2,1-3H3,(H2,13,14,17). The summed E-state index contributed by atoms with van der Waals surface area (Å²) in [6.45, 7) is 6.26. The van der Waals surface area contributed by atoms with Crippen LogP contribution >= 0.6 is 0 Å². The molecule has 1 aromatic rings. The molecule has 0 bridgehead atoms. The number of aromatic nitrogens is 1. The van der Waals surface area contributed by atoms with Crippen molar-refractivity contribution in [2.24, 2.45) is 0 Å². The van der Waals surface area contributed by atoms with Crippen molar-refractivity contribution in [1.82, 2.24) is 10.5 Å². The number of carbonyl (C=O) groups is 2. The number of hydrogen-bond donors (Lipinski definition) is 2. The second-order valence-corrected chi connectivity index (χ2v) is 3.79. The van der Waals surface area contributed by atoms with Gasteiger partial charge >= 0.3 is 12.0 Å². The summed E-state index contributed by atoms with van der Waals surface area (Å²) in [5.74, 6) is -0.532. The summed E-state index contributed by atoms with van der Waals surface area (Å²) in [5.41, 5.74) is 0.639. The lowest BCUT2D eigenvalue weighted by Gasteiger charge is -2.05. The molecular weight excluding hydrogens is 250 g/mol. The van der Waals surface area contributed by atoms with Crippen LogP contribution in [0.5, 0.6) is 0 Å². The number of carbonyl (C=O) groups excluding carboxylic acids is 2. The number of rotatable bonds is 6. The highest BCUT2D eigenvalue weighted by Gasteiger charge is 2.24. The summed E-state index contributed by atoms with van der Waals surface area (Å²) in [4.78, 5) is 23.3. The molecule has 0 saturated heterocycles. The van der Waals surface area contributed by atoms with Gasteiger partial charge in [0.1, 0.15) is 11.3 Å². The van der Waals surface area contributed by atoms with Crippen molar-refractivity contribution in [2.45, 2.75) is 33.6 Å². The van der Waals surface area contributed by atoms with Gasteiger partial charge in [0, 0.05) is 6.54 Å². The van der Waals surface area contributed by atoms with Crippen LogP contribution in [0.3, 0.4) is 0 Å². The zero-order chi connectivity index (χ0) is 14.3. The Morgan fingerprint density at radius 2 is 2.05 bits per heavy atom. The summed E-state index contributed by atoms with van der Waals surface area (Å²) in [7, 11) is 0. The monoisotopic (exact) mass is 269 g/mol. The molecule has 7 heteroatoms. The second kappa shape index (κ2) is 7.40. The Balaban J connectivity index is 2.85. The Bertz CT molecular complexity index is 442. The Kier molecular flexibility index (Phi) is 5.84. The van der Waals surface area contributed by atoms with Crippen LogP contribution in [0.4, 0.5) is 10.7 Å². The fourth-order valence-electron chi connectivity index (χ4n) is 1.45. The summed E-state index contributed by atoms with van der Waals surface area (Å²) in [6, 6.07) is -0.439. The molecule has 0 aliphatic carbocycles. The quantitative estimate of drug-likeness (QED) is 0.770. The molecule has 1 aromatic heterocycles. The van der Waals surface area contributed by atoms with Gasteiger partial charge in [0.05, 0.1) is 6.61 Å². The molecule has 0 unspecified atom stereocenters. The Morgan fingerprint density at radius 1 is 1.32 bits per heavy atom. The first-order chi connectivity index (χ1) is 9.13. The maximum absolute atomic E-state index is 11.8. The van der Waals surface area contributed by atoms with E-state index < -0.39 is 12.0 Å². The molecule has 0 atom stereocenters. The maximum atomic E-state index is 11.8. The van der Waals surface area contributed by atoms with Crippen LogP contribution in [0, 0.1) is 0 Å². The average molecular weight is 269 g/mol. The first-order valence-corrected chi connectivity index (χ1v) is 6.34. The van der Waals surface area contributed by atoms with E-state index in [4.69, 9.17) is 9.26 Å². The Hall–Kier alpha value is -2.05. The molecule has 19 heavy (non-hydrogen) atoms. The van der Waals surface area contributed by atoms with Crippen molar-refractivity contribution in [1.29, 1.82) is 0 Å². The fraction of sp³-hybridized carbons (Fsp3) is 0.583. The van der Waals surface area contributed by atoms with E-state index in [-0.39, 0.29) is 18.1 Å². The minimum absolute atomic E-state index is 0.0175. The van der Waals surface area contributed by atoms with E-state index in [0.717, 1.165) is 6.42 Å². The molecule has 0 spiro atoms. The summed E-state index contributed by atoms with van der Waals surface area (Å²) < 4.78 is 9.90. The van der Waals surface area contributed by atoms with E-state index in [9.17, 15) is 9.59 Å². The fourth-order valence-corrected chi connectivity index (χ4v) is 1.45. The van der Waals surface area contributed by atoms with Gasteiger partial charge in [-0.25, -0.2) is 9.59 Å². The second-order valence-electron chi connectivity index (χ2n) is 3.79. The van der Waals surface area contributed by atoms with Crippen molar-refractivity contribution < 1.29 is 18.8 Å². The molecule has 0 aliphatic rings. The average Bonchev–Trinajstić information content (AvgIpc) is 2.79. The van der Waals surface area contributed by atoms with Crippen molar-refractivity contribution in [3.8, 4) is 0 Å². The van der Waals surface area contributed by atoms with Crippen LogP contribution in [-0.4, -0.2) is 30.3 Å². The number of amides is 2. The number of hydrogen-bond acceptors (Lipinski definition) is 5. The van der Waals surface area contributed by atoms with Gasteiger partial charge in [-0.15, -0.1) is 0 Å². The third-order valence-corrected chi connectivity index (χ3v) is 2.34. The van der Waals surface area contributed by atoms with E-state index >= 15 is 0 Å². The van der Waals surface area contributed by atoms with Gasteiger partial charge in [-0.2, -0.15) is 0 Å². The number of nitrogens with zero attached hydrogens (tertiary/aromatic N) is 1. The largest absolute Gasteiger partial charge is 0.462 e. The van der Waals surface area contributed by atoms with Gasteiger partial charge in [-0.3, -0.25) is 5.32 Å². The van der Waals surface area contributed by atoms with Crippen LogP contribution in [0.15, 0.2) is 4.52 Å². The van der Waals surface area contributed by atoms with Crippen molar-refractivity contribution in [2.75, 3.05) is 18.5 Å². The van der Waals surface area contributed by atoms with Gasteiger partial charge in [-0.05, 0) is 19.8 Å². The summed E-state index contributed by atoms with van der Waals surface area (Å²) in [5, 5.41) is 8.83. The molecule has 2 N–H and O–H groups in total. The van der Waals surface area contributed by atoms with Gasteiger partial charge in [-0.1, -0.05) is 19.0 Å². The van der Waals surface area contributed by atoms with Crippen molar-refractivity contribution >= 4 is 17.9 Å². The Labute approximate surface area is 111 Å². The molecule has 1 rings (SSSR count). The highest BCUT2D eigenvalue weighted by atomic mass is 16.5. The molecule has 106 valence electrons. The van der Waals surface area contributed by atoms with E-state index in [1.807, 2.05) is 13.8 Å². The normalized spacial score (nSPS) is 10.1. The van der Waals surface area contributed by atoms with Gasteiger partial charge in [0.15, 0.2) is 0 Å². The minimum atomic E-state index is -0.550. The van der Waals surface area contributed by atoms with E-state index in [1.165, 1.54) is 0 Å². The van der Waals surface area contributed by atoms with E-state index in [0.29, 0.717) is 18.7 Å². The minimum Gasteiger partial charge on any atom is -0.462 e. The van der Waals surface area contributed by atoms with E-state index in [2.05, 4.69) is 15.8 Å². The molecule has 0 saturated carbocycles. The summed E-state index contributed by atoms with van der Waals surface area (Å²) in [6.07, 6.45) is 1.32. The first kappa shape index (κ1) is 15.0. The third-order valence-electron chi connectivity index (χ3n) is 2.34. The SMILES string of the molecule is CCCNC(=O)Nc1onc(CC)c1C(=O)OCC. The number of aryl methyl sites for hydroxylation is 1. The smallest absolute Gasteiger partial charge is 0.345 e. The van der Waals surface area contributed by atoms with Crippen LogP contribution < -0.4 is 10.6 Å². The molecule has 7 nitrogen and oxygen atoms in total. The maximum Gasteiger partial charge on any atom is 0.345 e. The number of nitrogens with one attached hydrogen (secondary N) is 2. The van der Waals surface area contributed by atoms with Gasteiger partial charge in [0.2, 0.25) is 5.88 Å². The van der Waals surface area contributed by atoms with Crippen LogP contribution in [0.25, 0.3) is 0 Å². The molecule has 2 amide bonds. The lowest BCUT2D eigenvalue weighted by molar-refractivity contribution is 0.0526. The molecule has 1 heterocycles. The van der Waals surface area contributed by atoms with Gasteiger partial charge in [0.25, 0.3) is 0 Å². The first-order valence-electron chi connectivity index (χ1n) is 6.34. The number of ether oxygens (including phenoxy) is 1. The predicted octanol–water partition coefficient (Wildman–Crippen LogP) is 1.95. The molecule has 0 fully saturated rings. The highest BCUT2D eigenvalue weighted by molar-refractivity contribution is 5.99. The van der Waals surface area contributed by atoms with E-state index in [1.54, 1.807) is 6.92 Å². The van der Waals surface area contributed by atoms with Crippen LogP contribution in [0.2, 0.25) is 0 Å². The molecule has 0 radical (unpaired) electrons. The third kappa shape index (κ3) is 3.97. The number of anilines is 1. The zero-order valence-electron chi connectivity index (χ0n) is 11.4. The molecule has 0 aromatic carbocycles. The van der Waals surface area contributed by atoms with Crippen molar-refractivity contribution in [3.05, 3.63) is 11.3 Å². The Morgan fingerprint density at radius 3 is 2.63 bits per heavy atom. The number of urea groups is 1. The molecular formula is C12H19N3O4. The lowest BCUT2D eigenvalue weighted by Crippen LogP contribution is -2.29. The lowest BCUT2D eigenvalue weighted by atomic mass is 10.2. The van der Waals surface area contributed by atoms with Crippen LogP contribution in [-0.2, 0) is 11.2 Å². The zero-order valence-corrected chi connectivity index (χ0v) is 11.4.